The van der Waals surface area contributed by atoms with E-state index >= 15 is 0 Å². The SMILES string of the molecule is N[C@@H]1CCN(C(=O)CCNS(=O)(=O)c2ccccc2F)C1. The smallest absolute Gasteiger partial charge is 0.243 e. The van der Waals surface area contributed by atoms with Gasteiger partial charge >= 0.3 is 0 Å². The summed E-state index contributed by atoms with van der Waals surface area (Å²) in [7, 11) is -3.94. The lowest BCUT2D eigenvalue weighted by atomic mass is 10.3. The number of carbonyl (C=O) groups excluding carboxylic acids is 1. The largest absolute Gasteiger partial charge is 0.341 e. The molecule has 6 nitrogen and oxygen atoms in total. The zero-order valence-electron chi connectivity index (χ0n) is 11.5. The maximum absolute atomic E-state index is 13.5. The van der Waals surface area contributed by atoms with Gasteiger partial charge < -0.3 is 10.6 Å². The Bertz CT molecular complexity index is 621. The van der Waals surface area contributed by atoms with E-state index in [-0.39, 0.29) is 24.9 Å². The molecular formula is C13H18FN3O3S. The zero-order valence-corrected chi connectivity index (χ0v) is 12.3. The highest BCUT2D eigenvalue weighted by Crippen LogP contribution is 2.13. The number of carbonyl (C=O) groups is 1. The van der Waals surface area contributed by atoms with Gasteiger partial charge in [0, 0.05) is 32.1 Å². The first-order chi connectivity index (χ1) is 9.90. The first-order valence-electron chi connectivity index (χ1n) is 6.68. The molecule has 1 fully saturated rings. The molecule has 1 amide bonds. The maximum atomic E-state index is 13.5. The second-order valence-corrected chi connectivity index (χ2v) is 6.70. The van der Waals surface area contributed by atoms with Crippen molar-refractivity contribution in [3.05, 3.63) is 30.1 Å². The van der Waals surface area contributed by atoms with Crippen molar-refractivity contribution in [2.45, 2.75) is 23.8 Å². The highest BCUT2D eigenvalue weighted by atomic mass is 32.2. The normalized spacial score (nSPS) is 19.0. The fourth-order valence-electron chi connectivity index (χ4n) is 2.20. The van der Waals surface area contributed by atoms with E-state index in [1.54, 1.807) is 4.90 Å². The summed E-state index contributed by atoms with van der Waals surface area (Å²) in [6.45, 7) is 1.03. The number of hydrogen-bond donors (Lipinski definition) is 2. The third-order valence-corrected chi connectivity index (χ3v) is 4.83. The Morgan fingerprint density at radius 1 is 1.43 bits per heavy atom. The van der Waals surface area contributed by atoms with Crippen molar-refractivity contribution < 1.29 is 17.6 Å². The number of halogens is 1. The molecule has 1 aliphatic heterocycles. The first-order valence-corrected chi connectivity index (χ1v) is 8.16. The van der Waals surface area contributed by atoms with Crippen LogP contribution in [0, 0.1) is 5.82 Å². The second kappa shape index (κ2) is 6.50. The highest BCUT2D eigenvalue weighted by Gasteiger charge is 2.24. The number of amides is 1. The van der Waals surface area contributed by atoms with Gasteiger partial charge in [-0.1, -0.05) is 12.1 Å². The quantitative estimate of drug-likeness (QED) is 0.803. The highest BCUT2D eigenvalue weighted by molar-refractivity contribution is 7.89. The third-order valence-electron chi connectivity index (χ3n) is 3.33. The first kappa shape index (κ1) is 15.9. The maximum Gasteiger partial charge on any atom is 0.243 e. The number of sulfonamides is 1. The molecule has 0 saturated carbocycles. The zero-order chi connectivity index (χ0) is 15.5. The Balaban J connectivity index is 1.88. The molecule has 0 spiro atoms. The summed E-state index contributed by atoms with van der Waals surface area (Å²) in [6, 6.07) is 5.09. The monoisotopic (exact) mass is 315 g/mol. The molecule has 0 aliphatic carbocycles. The van der Waals surface area contributed by atoms with E-state index in [4.69, 9.17) is 5.73 Å². The second-order valence-electron chi connectivity index (χ2n) is 4.97. The Hall–Kier alpha value is -1.51. The molecule has 8 heteroatoms. The van der Waals surface area contributed by atoms with Gasteiger partial charge in [-0.25, -0.2) is 17.5 Å². The van der Waals surface area contributed by atoms with Gasteiger partial charge in [0.05, 0.1) is 0 Å². The molecule has 1 atom stereocenters. The van der Waals surface area contributed by atoms with Crippen LogP contribution in [0.25, 0.3) is 0 Å². The van der Waals surface area contributed by atoms with E-state index < -0.39 is 20.7 Å². The number of likely N-dealkylation sites (tertiary alicyclic amines) is 1. The number of rotatable bonds is 5. The average Bonchev–Trinajstić information content (AvgIpc) is 2.85. The Morgan fingerprint density at radius 3 is 2.76 bits per heavy atom. The fraction of sp³-hybridized carbons (Fsp3) is 0.462. The van der Waals surface area contributed by atoms with Gasteiger partial charge in [0.15, 0.2) is 0 Å². The van der Waals surface area contributed by atoms with Gasteiger partial charge in [-0.2, -0.15) is 0 Å². The lowest BCUT2D eigenvalue weighted by Gasteiger charge is -2.15. The molecule has 116 valence electrons. The predicted octanol–water partition coefficient (Wildman–Crippen LogP) is 0.0537. The van der Waals surface area contributed by atoms with E-state index in [1.165, 1.54) is 18.2 Å². The standard InChI is InChI=1S/C13H18FN3O3S/c14-11-3-1-2-4-12(11)21(19,20)16-7-5-13(18)17-8-6-10(15)9-17/h1-4,10,16H,5-9,15H2/t10-/m1/s1. The predicted molar refractivity (Wildman–Crippen MR) is 75.4 cm³/mol. The van der Waals surface area contributed by atoms with E-state index in [0.717, 1.165) is 12.5 Å². The van der Waals surface area contributed by atoms with Crippen LogP contribution < -0.4 is 10.5 Å². The van der Waals surface area contributed by atoms with Gasteiger partial charge in [0.2, 0.25) is 15.9 Å². The molecule has 0 bridgehead atoms. The van der Waals surface area contributed by atoms with E-state index in [0.29, 0.717) is 13.1 Å². The van der Waals surface area contributed by atoms with Crippen molar-refractivity contribution in [2.24, 2.45) is 5.73 Å². The molecule has 1 saturated heterocycles. The molecule has 1 aromatic carbocycles. The van der Waals surface area contributed by atoms with Crippen molar-refractivity contribution >= 4 is 15.9 Å². The van der Waals surface area contributed by atoms with E-state index in [1.807, 2.05) is 0 Å². The van der Waals surface area contributed by atoms with Gasteiger partial charge in [-0.05, 0) is 18.6 Å². The summed E-state index contributed by atoms with van der Waals surface area (Å²) in [4.78, 5) is 13.0. The third kappa shape index (κ3) is 3.99. The molecule has 0 aromatic heterocycles. The molecule has 21 heavy (non-hydrogen) atoms. The van der Waals surface area contributed by atoms with Crippen LogP contribution in [0.4, 0.5) is 4.39 Å². The average molecular weight is 315 g/mol. The number of nitrogens with two attached hydrogens (primary N) is 1. The van der Waals surface area contributed by atoms with Gasteiger partial charge in [0.25, 0.3) is 0 Å². The summed E-state index contributed by atoms with van der Waals surface area (Å²) in [5, 5.41) is 0. The van der Waals surface area contributed by atoms with E-state index in [2.05, 4.69) is 4.72 Å². The van der Waals surface area contributed by atoms with Crippen LogP contribution in [0.1, 0.15) is 12.8 Å². The fourth-order valence-corrected chi connectivity index (χ4v) is 3.31. The Labute approximate surface area is 123 Å². The molecule has 1 aliphatic rings. The minimum absolute atomic E-state index is 0.0101. The summed E-state index contributed by atoms with van der Waals surface area (Å²) in [5.41, 5.74) is 5.71. The van der Waals surface area contributed by atoms with Gasteiger partial charge in [-0.3, -0.25) is 4.79 Å². The molecule has 1 aromatic rings. The van der Waals surface area contributed by atoms with Crippen LogP contribution in [0.5, 0.6) is 0 Å². The minimum atomic E-state index is -3.94. The summed E-state index contributed by atoms with van der Waals surface area (Å²) < 4.78 is 39.5. The number of nitrogens with one attached hydrogen (secondary N) is 1. The molecule has 2 rings (SSSR count). The van der Waals surface area contributed by atoms with Crippen LogP contribution in [0.2, 0.25) is 0 Å². The summed E-state index contributed by atoms with van der Waals surface area (Å²) in [5.74, 6) is -0.971. The lowest BCUT2D eigenvalue weighted by molar-refractivity contribution is -0.130. The van der Waals surface area contributed by atoms with Crippen LogP contribution >= 0.6 is 0 Å². The van der Waals surface area contributed by atoms with Crippen molar-refractivity contribution in [1.82, 2.24) is 9.62 Å². The Kier molecular flexibility index (Phi) is 4.92. The number of hydrogen-bond acceptors (Lipinski definition) is 4. The minimum Gasteiger partial charge on any atom is -0.341 e. The van der Waals surface area contributed by atoms with Crippen molar-refractivity contribution in [2.75, 3.05) is 19.6 Å². The van der Waals surface area contributed by atoms with Crippen LogP contribution in [0.3, 0.4) is 0 Å². The van der Waals surface area contributed by atoms with Crippen LogP contribution in [0.15, 0.2) is 29.2 Å². The molecule has 0 unspecified atom stereocenters. The number of benzene rings is 1. The molecule has 3 N–H and O–H groups in total. The number of nitrogens with zero attached hydrogens (tertiary/aromatic N) is 1. The topological polar surface area (TPSA) is 92.5 Å². The molecular weight excluding hydrogens is 297 g/mol. The molecule has 0 radical (unpaired) electrons. The summed E-state index contributed by atoms with van der Waals surface area (Å²) >= 11 is 0. The lowest BCUT2D eigenvalue weighted by Crippen LogP contribution is -2.35. The Morgan fingerprint density at radius 2 is 2.14 bits per heavy atom. The van der Waals surface area contributed by atoms with E-state index in [9.17, 15) is 17.6 Å². The van der Waals surface area contributed by atoms with Gasteiger partial charge in [0.1, 0.15) is 10.7 Å². The van der Waals surface area contributed by atoms with Crippen LogP contribution in [-0.4, -0.2) is 44.9 Å². The van der Waals surface area contributed by atoms with Crippen molar-refractivity contribution in [3.8, 4) is 0 Å². The van der Waals surface area contributed by atoms with Crippen molar-refractivity contribution in [3.63, 3.8) is 0 Å². The molecule has 1 heterocycles. The summed E-state index contributed by atoms with van der Waals surface area (Å²) in [6.07, 6.45) is 0.785. The van der Waals surface area contributed by atoms with Crippen molar-refractivity contribution in [1.29, 1.82) is 0 Å². The van der Waals surface area contributed by atoms with Gasteiger partial charge in [-0.15, -0.1) is 0 Å². The van der Waals surface area contributed by atoms with Crippen LogP contribution in [-0.2, 0) is 14.8 Å².